The minimum atomic E-state index is -1.04. The number of urea groups is 1. The van der Waals surface area contributed by atoms with Crippen molar-refractivity contribution < 1.29 is 28.7 Å². The molecule has 0 spiro atoms. The van der Waals surface area contributed by atoms with E-state index in [0.29, 0.717) is 22.6 Å². The average molecular weight is 459 g/mol. The van der Waals surface area contributed by atoms with E-state index in [0.717, 1.165) is 10.5 Å². The number of hydrogen-bond donors (Lipinski definition) is 3. The fourth-order valence-electron chi connectivity index (χ4n) is 3.63. The van der Waals surface area contributed by atoms with Gasteiger partial charge in [0.15, 0.2) is 0 Å². The van der Waals surface area contributed by atoms with Gasteiger partial charge in [-0.2, -0.15) is 0 Å². The summed E-state index contributed by atoms with van der Waals surface area (Å²) in [6.07, 6.45) is 1.36. The van der Waals surface area contributed by atoms with Crippen LogP contribution in [0.5, 0.6) is 0 Å². The van der Waals surface area contributed by atoms with Gasteiger partial charge in [0, 0.05) is 17.3 Å². The van der Waals surface area contributed by atoms with Gasteiger partial charge in [0.1, 0.15) is 23.8 Å². The predicted octanol–water partition coefficient (Wildman–Crippen LogP) is 3.79. The van der Waals surface area contributed by atoms with Crippen molar-refractivity contribution in [3.63, 3.8) is 0 Å². The van der Waals surface area contributed by atoms with Crippen LogP contribution in [0.1, 0.15) is 27.2 Å². The zero-order valence-corrected chi connectivity index (χ0v) is 18.4. The number of aromatic carboxylic acids is 1. The molecule has 3 aromatic rings. The first-order valence-electron chi connectivity index (χ1n) is 10.4. The van der Waals surface area contributed by atoms with E-state index in [4.69, 9.17) is 4.42 Å². The molecule has 172 valence electrons. The van der Waals surface area contributed by atoms with Gasteiger partial charge in [0.05, 0.1) is 5.56 Å². The molecule has 0 radical (unpaired) electrons. The van der Waals surface area contributed by atoms with Gasteiger partial charge in [-0.3, -0.25) is 9.59 Å². The number of aryl methyl sites for hydroxylation is 1. The molecule has 2 aromatic carbocycles. The molecule has 0 unspecified atom stereocenters. The Labute approximate surface area is 194 Å². The largest absolute Gasteiger partial charge is 0.478 e. The number of nitrogens with zero attached hydrogens (tertiary/aromatic N) is 1. The molecular weight excluding hydrogens is 438 g/mol. The lowest BCUT2D eigenvalue weighted by Gasteiger charge is -2.12. The second-order valence-corrected chi connectivity index (χ2v) is 7.78. The monoisotopic (exact) mass is 459 g/mol. The van der Waals surface area contributed by atoms with Crippen molar-refractivity contribution in [1.29, 1.82) is 0 Å². The highest BCUT2D eigenvalue weighted by atomic mass is 16.4. The fraction of sp³-hybridized carbons (Fsp3) is 0.120. The van der Waals surface area contributed by atoms with Crippen LogP contribution in [0.4, 0.5) is 10.5 Å². The quantitative estimate of drug-likeness (QED) is 0.380. The molecule has 34 heavy (non-hydrogen) atoms. The number of rotatable bonds is 6. The topological polar surface area (TPSA) is 129 Å². The summed E-state index contributed by atoms with van der Waals surface area (Å²) < 4.78 is 5.77. The third-order valence-corrected chi connectivity index (χ3v) is 5.31. The summed E-state index contributed by atoms with van der Waals surface area (Å²) >= 11 is 0. The van der Waals surface area contributed by atoms with Gasteiger partial charge in [-0.15, -0.1) is 0 Å². The number of carbonyl (C=O) groups is 4. The van der Waals surface area contributed by atoms with Gasteiger partial charge in [-0.1, -0.05) is 24.3 Å². The maximum atomic E-state index is 12.7. The molecule has 4 rings (SSSR count). The fourth-order valence-corrected chi connectivity index (χ4v) is 3.63. The SMILES string of the molecule is Cc1cccc(NC(=O)CN2C(=O)N/C(=C/c3ccc(-c4cccc(C(=O)O)c4C)o3)C2=O)c1. The van der Waals surface area contributed by atoms with E-state index in [1.54, 1.807) is 49.4 Å². The maximum absolute atomic E-state index is 12.7. The normalized spacial score (nSPS) is 14.4. The van der Waals surface area contributed by atoms with Gasteiger partial charge in [-0.25, -0.2) is 14.5 Å². The van der Waals surface area contributed by atoms with Gasteiger partial charge in [0.2, 0.25) is 5.91 Å². The lowest BCUT2D eigenvalue weighted by molar-refractivity contribution is -0.127. The van der Waals surface area contributed by atoms with E-state index < -0.39 is 30.4 Å². The molecule has 3 N–H and O–H groups in total. The summed E-state index contributed by atoms with van der Waals surface area (Å²) in [7, 11) is 0. The third-order valence-electron chi connectivity index (χ3n) is 5.31. The second-order valence-electron chi connectivity index (χ2n) is 7.78. The molecule has 0 bridgehead atoms. The molecule has 1 aliphatic rings. The van der Waals surface area contributed by atoms with Crippen molar-refractivity contribution in [3.8, 4) is 11.3 Å². The highest BCUT2D eigenvalue weighted by Gasteiger charge is 2.35. The third kappa shape index (κ3) is 4.58. The van der Waals surface area contributed by atoms with Crippen molar-refractivity contribution in [2.75, 3.05) is 11.9 Å². The minimum absolute atomic E-state index is 0.0368. The molecule has 4 amide bonds. The van der Waals surface area contributed by atoms with Crippen molar-refractivity contribution in [2.24, 2.45) is 0 Å². The molecule has 2 heterocycles. The van der Waals surface area contributed by atoms with Crippen molar-refractivity contribution in [3.05, 3.63) is 82.7 Å². The number of hydrogen-bond acceptors (Lipinski definition) is 5. The molecule has 1 aliphatic heterocycles. The Morgan fingerprint density at radius 3 is 2.59 bits per heavy atom. The Kier molecular flexibility index (Phi) is 6.01. The number of nitrogens with one attached hydrogen (secondary N) is 2. The number of anilines is 1. The Bertz CT molecular complexity index is 1350. The van der Waals surface area contributed by atoms with Gasteiger partial charge in [0.25, 0.3) is 5.91 Å². The predicted molar refractivity (Wildman–Crippen MR) is 124 cm³/mol. The van der Waals surface area contributed by atoms with Gasteiger partial charge in [-0.05, 0) is 55.3 Å². The van der Waals surface area contributed by atoms with Crippen LogP contribution in [0.15, 0.2) is 64.7 Å². The Balaban J connectivity index is 1.49. The molecule has 0 atom stereocenters. The van der Waals surface area contributed by atoms with Crippen LogP contribution in [0.3, 0.4) is 0 Å². The van der Waals surface area contributed by atoms with E-state index in [1.807, 2.05) is 13.0 Å². The molecule has 9 nitrogen and oxygen atoms in total. The van der Waals surface area contributed by atoms with E-state index >= 15 is 0 Å². The zero-order chi connectivity index (χ0) is 24.4. The lowest BCUT2D eigenvalue weighted by Crippen LogP contribution is -2.38. The highest BCUT2D eigenvalue weighted by molar-refractivity contribution is 6.15. The van der Waals surface area contributed by atoms with E-state index in [1.165, 1.54) is 12.1 Å². The number of carboxylic acids is 1. The van der Waals surface area contributed by atoms with Crippen molar-refractivity contribution in [2.45, 2.75) is 13.8 Å². The summed E-state index contributed by atoms with van der Waals surface area (Å²) in [6.45, 7) is 3.12. The average Bonchev–Trinajstić information content (AvgIpc) is 3.34. The summed E-state index contributed by atoms with van der Waals surface area (Å²) in [5.41, 5.74) is 2.79. The van der Waals surface area contributed by atoms with Crippen LogP contribution >= 0.6 is 0 Å². The summed E-state index contributed by atoms with van der Waals surface area (Å²) in [5.74, 6) is -1.52. The van der Waals surface area contributed by atoms with E-state index in [9.17, 15) is 24.3 Å². The van der Waals surface area contributed by atoms with Crippen LogP contribution in [-0.2, 0) is 9.59 Å². The minimum Gasteiger partial charge on any atom is -0.478 e. The smallest absolute Gasteiger partial charge is 0.335 e. The Morgan fingerprint density at radius 2 is 1.85 bits per heavy atom. The van der Waals surface area contributed by atoms with Crippen LogP contribution in [-0.4, -0.2) is 40.4 Å². The molecule has 1 aromatic heterocycles. The first kappa shape index (κ1) is 22.5. The highest BCUT2D eigenvalue weighted by Crippen LogP contribution is 2.28. The van der Waals surface area contributed by atoms with Crippen molar-refractivity contribution in [1.82, 2.24) is 10.2 Å². The van der Waals surface area contributed by atoms with Crippen LogP contribution in [0.2, 0.25) is 0 Å². The molecular formula is C25H21N3O6. The Morgan fingerprint density at radius 1 is 1.09 bits per heavy atom. The number of furan rings is 1. The number of imide groups is 1. The van der Waals surface area contributed by atoms with Crippen LogP contribution in [0, 0.1) is 13.8 Å². The second kappa shape index (κ2) is 9.07. The summed E-state index contributed by atoms with van der Waals surface area (Å²) in [4.78, 5) is 49.5. The first-order valence-corrected chi connectivity index (χ1v) is 10.4. The van der Waals surface area contributed by atoms with Crippen molar-refractivity contribution >= 4 is 35.6 Å². The summed E-state index contributed by atoms with van der Waals surface area (Å²) in [6, 6.07) is 14.5. The standard InChI is InChI=1S/C25H21N3O6/c1-14-5-3-6-16(11-14)26-22(29)13-28-23(30)20(27-25(28)33)12-17-9-10-21(34-17)18-7-4-8-19(15(18)2)24(31)32/h3-12H,13H2,1-2H3,(H,26,29)(H,27,33)(H,31,32)/b20-12+. The van der Waals surface area contributed by atoms with Gasteiger partial charge < -0.3 is 20.2 Å². The molecule has 1 saturated heterocycles. The maximum Gasteiger partial charge on any atom is 0.335 e. The van der Waals surface area contributed by atoms with Gasteiger partial charge >= 0.3 is 12.0 Å². The van der Waals surface area contributed by atoms with Crippen LogP contribution < -0.4 is 10.6 Å². The van der Waals surface area contributed by atoms with E-state index in [2.05, 4.69) is 10.6 Å². The molecule has 0 aliphatic carbocycles. The zero-order valence-electron chi connectivity index (χ0n) is 18.4. The molecule has 1 fully saturated rings. The molecule has 0 saturated carbocycles. The van der Waals surface area contributed by atoms with E-state index in [-0.39, 0.29) is 17.0 Å². The van der Waals surface area contributed by atoms with Crippen LogP contribution in [0.25, 0.3) is 17.4 Å². The number of amides is 4. The molecule has 9 heteroatoms. The Hall–Kier alpha value is -4.66. The number of benzene rings is 2. The lowest BCUT2D eigenvalue weighted by atomic mass is 10.0. The first-order chi connectivity index (χ1) is 16.2. The number of carboxylic acid groups (broad SMARTS) is 1. The number of carbonyl (C=O) groups excluding carboxylic acids is 3. The summed E-state index contributed by atoms with van der Waals surface area (Å²) in [5, 5.41) is 14.4.